The van der Waals surface area contributed by atoms with Gasteiger partial charge in [0.1, 0.15) is 0 Å². The van der Waals surface area contributed by atoms with Crippen LogP contribution < -0.4 is 28.3 Å². The number of amides is 1. The fraction of sp³-hybridized carbons (Fsp3) is 0.846. The van der Waals surface area contributed by atoms with Gasteiger partial charge in [0.05, 0.1) is 12.1 Å². The van der Waals surface area contributed by atoms with Crippen LogP contribution in [-0.4, -0.2) is 42.9 Å². The van der Waals surface area contributed by atoms with E-state index in [0.29, 0.717) is 6.42 Å². The second-order valence-corrected chi connectivity index (χ2v) is 6.12. The van der Waals surface area contributed by atoms with Crippen LogP contribution in [0.4, 0.5) is 0 Å². The molecular formula is C13H29N5O2. The van der Waals surface area contributed by atoms with Crippen molar-refractivity contribution in [2.24, 2.45) is 28.3 Å². The van der Waals surface area contributed by atoms with E-state index in [1.807, 2.05) is 20.8 Å². The molecule has 0 heterocycles. The Morgan fingerprint density at radius 2 is 1.55 bits per heavy atom. The summed E-state index contributed by atoms with van der Waals surface area (Å²) in [7, 11) is 0. The first-order chi connectivity index (χ1) is 9.13. The van der Waals surface area contributed by atoms with Crippen molar-refractivity contribution in [1.82, 2.24) is 5.32 Å². The van der Waals surface area contributed by atoms with Crippen molar-refractivity contribution in [3.63, 3.8) is 0 Å². The Kier molecular flexibility index (Phi) is 7.88. The normalized spacial score (nSPS) is 16.4. The van der Waals surface area contributed by atoms with Crippen LogP contribution in [-0.2, 0) is 9.59 Å². The van der Waals surface area contributed by atoms with Crippen LogP contribution >= 0.6 is 0 Å². The Morgan fingerprint density at radius 3 is 1.95 bits per heavy atom. The fourth-order valence-electron chi connectivity index (χ4n) is 1.71. The van der Waals surface area contributed by atoms with Crippen LogP contribution in [0.2, 0.25) is 0 Å². The Labute approximate surface area is 120 Å². The third-order valence-electron chi connectivity index (χ3n) is 3.30. The summed E-state index contributed by atoms with van der Waals surface area (Å²) < 4.78 is 0. The quantitative estimate of drug-likeness (QED) is 0.364. The second-order valence-electron chi connectivity index (χ2n) is 6.12. The van der Waals surface area contributed by atoms with Gasteiger partial charge in [-0.1, -0.05) is 20.8 Å². The molecule has 0 aliphatic rings. The van der Waals surface area contributed by atoms with E-state index in [9.17, 15) is 9.59 Å². The molecule has 0 spiro atoms. The van der Waals surface area contributed by atoms with Gasteiger partial charge in [-0.15, -0.1) is 0 Å². The first-order valence-electron chi connectivity index (χ1n) is 6.87. The largest absolute Gasteiger partial charge is 0.351 e. The van der Waals surface area contributed by atoms with Crippen LogP contribution in [0.3, 0.4) is 0 Å². The molecule has 20 heavy (non-hydrogen) atoms. The molecule has 0 aromatic carbocycles. The minimum absolute atomic E-state index is 0.0830. The Balaban J connectivity index is 4.60. The van der Waals surface area contributed by atoms with Crippen LogP contribution in [0.15, 0.2) is 0 Å². The van der Waals surface area contributed by atoms with E-state index >= 15 is 0 Å². The predicted octanol–water partition coefficient (Wildman–Crippen LogP) is -1.56. The fourth-order valence-corrected chi connectivity index (χ4v) is 1.71. The van der Waals surface area contributed by atoms with E-state index in [1.54, 1.807) is 0 Å². The van der Waals surface area contributed by atoms with Crippen molar-refractivity contribution in [2.75, 3.05) is 13.1 Å². The average molecular weight is 287 g/mol. The average Bonchev–Trinajstić information content (AvgIpc) is 2.39. The number of hydrogen-bond donors (Lipinski definition) is 5. The Morgan fingerprint density at radius 1 is 1.05 bits per heavy atom. The third-order valence-corrected chi connectivity index (χ3v) is 3.30. The summed E-state index contributed by atoms with van der Waals surface area (Å²) in [5, 5.41) is 2.85. The predicted molar refractivity (Wildman–Crippen MR) is 79.7 cm³/mol. The van der Waals surface area contributed by atoms with Gasteiger partial charge in [-0.25, -0.2) is 0 Å². The molecule has 0 saturated carbocycles. The molecule has 118 valence electrons. The maximum absolute atomic E-state index is 11.8. The highest BCUT2D eigenvalue weighted by molar-refractivity contribution is 5.84. The maximum Gasteiger partial charge on any atom is 0.238 e. The van der Waals surface area contributed by atoms with E-state index in [1.165, 1.54) is 0 Å². The lowest BCUT2D eigenvalue weighted by atomic mass is 9.83. The highest BCUT2D eigenvalue weighted by atomic mass is 16.2. The molecule has 0 bridgehead atoms. The zero-order chi connectivity index (χ0) is 15.9. The molecule has 0 aliphatic heterocycles. The second kappa shape index (κ2) is 8.31. The van der Waals surface area contributed by atoms with Crippen molar-refractivity contribution < 1.29 is 9.59 Å². The topological polar surface area (TPSA) is 150 Å². The van der Waals surface area contributed by atoms with Gasteiger partial charge in [0.25, 0.3) is 0 Å². The molecule has 0 rings (SSSR count). The lowest BCUT2D eigenvalue weighted by molar-refractivity contribution is -0.124. The standard InChI is InChI=1S/C13H29N5O2/c1-13(2,3)11(18-12(20)9(17)7-15)5-4-10(19)8(16)6-14/h8-9,11H,4-7,14-17H2,1-3H3,(H,18,20). The number of ketones is 1. The summed E-state index contributed by atoms with van der Waals surface area (Å²) in [5.41, 5.74) is 21.7. The van der Waals surface area contributed by atoms with Crippen LogP contribution in [0.25, 0.3) is 0 Å². The first kappa shape index (κ1) is 19.0. The molecule has 7 heteroatoms. The van der Waals surface area contributed by atoms with Gasteiger partial charge >= 0.3 is 0 Å². The number of hydrogen-bond acceptors (Lipinski definition) is 6. The summed E-state index contributed by atoms with van der Waals surface area (Å²) in [6.07, 6.45) is 0.775. The molecule has 0 radical (unpaired) electrons. The van der Waals surface area contributed by atoms with E-state index in [-0.39, 0.29) is 42.7 Å². The van der Waals surface area contributed by atoms with E-state index in [2.05, 4.69) is 5.32 Å². The third kappa shape index (κ3) is 6.42. The van der Waals surface area contributed by atoms with Crippen molar-refractivity contribution in [3.8, 4) is 0 Å². The molecule has 1 amide bonds. The van der Waals surface area contributed by atoms with Gasteiger partial charge in [-0.2, -0.15) is 0 Å². The Hall–Kier alpha value is -1.02. The minimum Gasteiger partial charge on any atom is -0.351 e. The van der Waals surface area contributed by atoms with Crippen molar-refractivity contribution >= 4 is 11.7 Å². The molecule has 0 fully saturated rings. The molecule has 0 aliphatic carbocycles. The molecular weight excluding hydrogens is 258 g/mol. The molecule has 0 saturated heterocycles. The summed E-state index contributed by atoms with van der Waals surface area (Å²) >= 11 is 0. The Bertz CT molecular complexity index is 327. The van der Waals surface area contributed by atoms with Gasteiger partial charge < -0.3 is 28.3 Å². The van der Waals surface area contributed by atoms with Gasteiger partial charge in [-0.3, -0.25) is 9.59 Å². The number of rotatable bonds is 8. The highest BCUT2D eigenvalue weighted by Gasteiger charge is 2.28. The number of nitrogens with one attached hydrogen (secondary N) is 1. The minimum atomic E-state index is -0.734. The van der Waals surface area contributed by atoms with Gasteiger partial charge in [0, 0.05) is 25.6 Å². The summed E-state index contributed by atoms with van der Waals surface area (Å²) in [6.45, 7) is 6.17. The van der Waals surface area contributed by atoms with Crippen LogP contribution in [0, 0.1) is 5.41 Å². The van der Waals surface area contributed by atoms with Gasteiger partial charge in [0.2, 0.25) is 5.91 Å². The summed E-state index contributed by atoms with van der Waals surface area (Å²) in [4.78, 5) is 23.5. The number of carbonyl (C=O) groups excluding carboxylic acids is 2. The zero-order valence-corrected chi connectivity index (χ0v) is 12.7. The zero-order valence-electron chi connectivity index (χ0n) is 12.7. The van der Waals surface area contributed by atoms with Crippen molar-refractivity contribution in [1.29, 1.82) is 0 Å². The molecule has 9 N–H and O–H groups in total. The van der Waals surface area contributed by atoms with E-state index in [4.69, 9.17) is 22.9 Å². The number of carbonyl (C=O) groups is 2. The number of Topliss-reactive ketones (excluding diaryl/α,β-unsaturated/α-hetero) is 1. The molecule has 0 aromatic heterocycles. The SMILES string of the molecule is CC(C)(C)C(CCC(=O)C(N)CN)NC(=O)C(N)CN. The van der Waals surface area contributed by atoms with Gasteiger partial charge in [0.15, 0.2) is 5.78 Å². The highest BCUT2D eigenvalue weighted by Crippen LogP contribution is 2.23. The lowest BCUT2D eigenvalue weighted by Gasteiger charge is -2.32. The molecule has 3 atom stereocenters. The van der Waals surface area contributed by atoms with Crippen LogP contribution in [0.5, 0.6) is 0 Å². The molecule has 0 aromatic rings. The molecule has 7 nitrogen and oxygen atoms in total. The maximum atomic E-state index is 11.8. The van der Waals surface area contributed by atoms with Crippen molar-refractivity contribution in [3.05, 3.63) is 0 Å². The van der Waals surface area contributed by atoms with E-state index < -0.39 is 12.1 Å². The number of nitrogens with two attached hydrogens (primary N) is 4. The molecule has 3 unspecified atom stereocenters. The van der Waals surface area contributed by atoms with Gasteiger partial charge in [-0.05, 0) is 11.8 Å². The van der Waals surface area contributed by atoms with E-state index in [0.717, 1.165) is 0 Å². The first-order valence-corrected chi connectivity index (χ1v) is 6.87. The summed E-state index contributed by atoms with van der Waals surface area (Å²) in [5.74, 6) is -0.401. The monoisotopic (exact) mass is 287 g/mol. The lowest BCUT2D eigenvalue weighted by Crippen LogP contribution is -2.52. The van der Waals surface area contributed by atoms with Crippen molar-refractivity contribution in [2.45, 2.75) is 51.7 Å². The summed E-state index contributed by atoms with van der Waals surface area (Å²) in [6, 6.07) is -1.55. The smallest absolute Gasteiger partial charge is 0.238 e. The van der Waals surface area contributed by atoms with Crippen LogP contribution in [0.1, 0.15) is 33.6 Å².